The maximum atomic E-state index is 5.91. The average Bonchev–Trinajstić information content (AvgIpc) is 2.75. The Balaban J connectivity index is 2.24. The van der Waals surface area contributed by atoms with Crippen LogP contribution < -0.4 is 0 Å². The van der Waals surface area contributed by atoms with Crippen molar-refractivity contribution in [3.05, 3.63) is 40.9 Å². The van der Waals surface area contributed by atoms with Crippen LogP contribution in [0.1, 0.15) is 0 Å². The molecule has 0 fully saturated rings. The molecule has 5 nitrogen and oxygen atoms in total. The summed E-state index contributed by atoms with van der Waals surface area (Å²) in [4.78, 5) is 8.11. The Hall–Kier alpha value is -1.72. The van der Waals surface area contributed by atoms with Crippen molar-refractivity contribution < 1.29 is 0 Å². The van der Waals surface area contributed by atoms with Gasteiger partial charge in [0.1, 0.15) is 5.69 Å². The molecule has 0 amide bonds. The lowest BCUT2D eigenvalue weighted by Crippen LogP contribution is -1.92. The molecule has 3 rings (SSSR count). The first kappa shape index (κ1) is 10.4. The van der Waals surface area contributed by atoms with Gasteiger partial charge in [0, 0.05) is 18.6 Å². The lowest BCUT2D eigenvalue weighted by Gasteiger charge is -1.99. The summed E-state index contributed by atoms with van der Waals surface area (Å²) in [6, 6.07) is 3.51. The largest absolute Gasteiger partial charge is 0.277 e. The van der Waals surface area contributed by atoms with Crippen LogP contribution in [0.15, 0.2) is 30.7 Å². The van der Waals surface area contributed by atoms with Gasteiger partial charge in [0.25, 0.3) is 0 Å². The van der Waals surface area contributed by atoms with E-state index < -0.39 is 0 Å². The van der Waals surface area contributed by atoms with Crippen LogP contribution in [0.5, 0.6) is 0 Å². The highest BCUT2D eigenvalue weighted by Gasteiger charge is 2.11. The van der Waals surface area contributed by atoms with Gasteiger partial charge in [-0.2, -0.15) is 0 Å². The molecule has 0 atom stereocenters. The second-order valence-electron chi connectivity index (χ2n) is 3.30. The Morgan fingerprint density at radius 2 is 1.94 bits per heavy atom. The van der Waals surface area contributed by atoms with Gasteiger partial charge < -0.3 is 0 Å². The van der Waals surface area contributed by atoms with Gasteiger partial charge >= 0.3 is 0 Å². The van der Waals surface area contributed by atoms with Gasteiger partial charge in [-0.1, -0.05) is 23.2 Å². The molecule has 0 saturated carbocycles. The maximum Gasteiger partial charge on any atom is 0.198 e. The Bertz CT molecular complexity index is 677. The number of aromatic nitrogens is 5. The fraction of sp³-hybridized carbons (Fsp3) is 0. The summed E-state index contributed by atoms with van der Waals surface area (Å²) < 4.78 is 1.73. The van der Waals surface area contributed by atoms with Gasteiger partial charge in [-0.15, -0.1) is 10.2 Å². The summed E-state index contributed by atoms with van der Waals surface area (Å²) >= 11 is 11.7. The summed E-state index contributed by atoms with van der Waals surface area (Å²) in [5.41, 5.74) is 1.17. The van der Waals surface area contributed by atoms with Crippen LogP contribution in [0, 0.1) is 0 Å². The minimum atomic E-state index is 0.306. The topological polar surface area (TPSA) is 56.0 Å². The van der Waals surface area contributed by atoms with Crippen molar-refractivity contribution >= 4 is 28.8 Å². The molecule has 0 N–H and O–H groups in total. The van der Waals surface area contributed by atoms with E-state index in [-0.39, 0.29) is 0 Å². The minimum absolute atomic E-state index is 0.306. The summed E-state index contributed by atoms with van der Waals surface area (Å²) in [6.07, 6.45) is 4.87. The van der Waals surface area contributed by atoms with Crippen LogP contribution >= 0.6 is 23.2 Å². The molecule has 3 aromatic rings. The minimum Gasteiger partial charge on any atom is -0.277 e. The molecule has 0 unspecified atom stereocenters. The van der Waals surface area contributed by atoms with Crippen molar-refractivity contribution in [2.75, 3.05) is 0 Å². The predicted molar refractivity (Wildman–Crippen MR) is 64.0 cm³/mol. The number of hydrogen-bond donors (Lipinski definition) is 0. The second kappa shape index (κ2) is 3.94. The third-order valence-electron chi connectivity index (χ3n) is 2.24. The van der Waals surface area contributed by atoms with Crippen molar-refractivity contribution in [3.63, 3.8) is 0 Å². The second-order valence-corrected chi connectivity index (χ2v) is 4.09. The molecule has 0 aliphatic heterocycles. The van der Waals surface area contributed by atoms with Crippen LogP contribution in [-0.4, -0.2) is 24.6 Å². The van der Waals surface area contributed by atoms with Crippen LogP contribution in [0.2, 0.25) is 10.2 Å². The van der Waals surface area contributed by atoms with Crippen molar-refractivity contribution in [3.8, 4) is 11.5 Å². The van der Waals surface area contributed by atoms with E-state index >= 15 is 0 Å². The fourth-order valence-corrected chi connectivity index (χ4v) is 1.78. The monoisotopic (exact) mass is 265 g/mol. The van der Waals surface area contributed by atoms with E-state index in [1.54, 1.807) is 35.1 Å². The normalized spacial score (nSPS) is 10.9. The van der Waals surface area contributed by atoms with E-state index in [4.69, 9.17) is 23.2 Å². The van der Waals surface area contributed by atoms with Crippen molar-refractivity contribution in [2.24, 2.45) is 0 Å². The van der Waals surface area contributed by atoms with E-state index in [1.165, 1.54) is 0 Å². The first-order chi connectivity index (χ1) is 8.25. The number of rotatable bonds is 1. The number of hydrogen-bond acceptors (Lipinski definition) is 4. The lowest BCUT2D eigenvalue weighted by atomic mass is 10.3. The van der Waals surface area contributed by atoms with Crippen LogP contribution in [-0.2, 0) is 0 Å². The molecular formula is C10H5Cl2N5. The summed E-state index contributed by atoms with van der Waals surface area (Å²) in [6.45, 7) is 0. The third-order valence-corrected chi connectivity index (χ3v) is 2.73. The standard InChI is InChI=1S/C10H5Cl2N5/c11-6-1-2-7(14-5-6)9-15-16-10-8(12)13-3-4-17(9)10/h1-5H. The van der Waals surface area contributed by atoms with Crippen LogP contribution in [0.4, 0.5) is 0 Å². The molecule has 3 aromatic heterocycles. The maximum absolute atomic E-state index is 5.91. The number of halogens is 2. The third kappa shape index (κ3) is 1.73. The van der Waals surface area contributed by atoms with E-state index in [0.29, 0.717) is 27.3 Å². The average molecular weight is 266 g/mol. The van der Waals surface area contributed by atoms with E-state index in [2.05, 4.69) is 20.2 Å². The predicted octanol–water partition coefficient (Wildman–Crippen LogP) is 2.49. The zero-order chi connectivity index (χ0) is 11.8. The molecule has 0 radical (unpaired) electrons. The molecule has 0 aliphatic carbocycles. The highest BCUT2D eigenvalue weighted by Crippen LogP contribution is 2.20. The van der Waals surface area contributed by atoms with Crippen LogP contribution in [0.3, 0.4) is 0 Å². The Morgan fingerprint density at radius 1 is 1.06 bits per heavy atom. The molecule has 0 bridgehead atoms. The molecule has 84 valence electrons. The fourth-order valence-electron chi connectivity index (χ4n) is 1.48. The first-order valence-electron chi connectivity index (χ1n) is 4.73. The van der Waals surface area contributed by atoms with Gasteiger partial charge in [-0.25, -0.2) is 4.98 Å². The van der Waals surface area contributed by atoms with Crippen LogP contribution in [0.25, 0.3) is 17.2 Å². The summed E-state index contributed by atoms with van der Waals surface area (Å²) in [5.74, 6) is 0.598. The van der Waals surface area contributed by atoms with Gasteiger partial charge in [0.2, 0.25) is 0 Å². The molecule has 0 saturated heterocycles. The highest BCUT2D eigenvalue weighted by atomic mass is 35.5. The van der Waals surface area contributed by atoms with Crippen molar-refractivity contribution in [2.45, 2.75) is 0 Å². The van der Waals surface area contributed by atoms with E-state index in [1.807, 2.05) is 0 Å². The van der Waals surface area contributed by atoms with Gasteiger partial charge in [0.05, 0.1) is 5.02 Å². The molecule has 0 spiro atoms. The number of fused-ring (bicyclic) bond motifs is 1. The molecule has 0 aliphatic rings. The SMILES string of the molecule is Clc1ccc(-c2nnc3c(Cl)nccn23)nc1. The molecule has 3 heterocycles. The Labute approximate surface area is 106 Å². The van der Waals surface area contributed by atoms with Gasteiger partial charge in [-0.3, -0.25) is 9.38 Å². The zero-order valence-corrected chi connectivity index (χ0v) is 9.89. The summed E-state index contributed by atoms with van der Waals surface area (Å²) in [7, 11) is 0. The number of pyridine rings is 1. The molecule has 7 heteroatoms. The van der Waals surface area contributed by atoms with E-state index in [0.717, 1.165) is 0 Å². The number of nitrogens with zero attached hydrogens (tertiary/aromatic N) is 5. The zero-order valence-electron chi connectivity index (χ0n) is 8.38. The quantitative estimate of drug-likeness (QED) is 0.679. The summed E-state index contributed by atoms with van der Waals surface area (Å²) in [5, 5.41) is 8.88. The first-order valence-corrected chi connectivity index (χ1v) is 5.48. The lowest BCUT2D eigenvalue weighted by molar-refractivity contribution is 1.09. The van der Waals surface area contributed by atoms with Crippen molar-refractivity contribution in [1.29, 1.82) is 0 Å². The molecule has 0 aromatic carbocycles. The Morgan fingerprint density at radius 3 is 2.71 bits per heavy atom. The highest BCUT2D eigenvalue weighted by molar-refractivity contribution is 6.32. The molecule has 17 heavy (non-hydrogen) atoms. The van der Waals surface area contributed by atoms with Crippen molar-refractivity contribution in [1.82, 2.24) is 24.6 Å². The smallest absolute Gasteiger partial charge is 0.198 e. The Kier molecular flexibility index (Phi) is 2.42. The molecular weight excluding hydrogens is 261 g/mol. The van der Waals surface area contributed by atoms with Gasteiger partial charge in [0.15, 0.2) is 16.6 Å². The van der Waals surface area contributed by atoms with Gasteiger partial charge in [-0.05, 0) is 12.1 Å². The van der Waals surface area contributed by atoms with E-state index in [9.17, 15) is 0 Å².